The van der Waals surface area contributed by atoms with Gasteiger partial charge >= 0.3 is 12.1 Å². The van der Waals surface area contributed by atoms with E-state index < -0.39 is 5.60 Å². The number of methoxy groups -OCH3 is 1. The second kappa shape index (κ2) is 12.0. The molecule has 1 aliphatic heterocycles. The van der Waals surface area contributed by atoms with Crippen LogP contribution < -0.4 is 4.90 Å². The van der Waals surface area contributed by atoms with Crippen molar-refractivity contribution in [2.75, 3.05) is 31.6 Å². The molecule has 5 rings (SSSR count). The fourth-order valence-electron chi connectivity index (χ4n) is 5.97. The summed E-state index contributed by atoms with van der Waals surface area (Å²) < 4.78 is 12.8. The molecule has 2 heterocycles. The molecular weight excluding hydrogens is 542 g/mol. The zero-order valence-electron chi connectivity index (χ0n) is 25.8. The molecule has 1 aliphatic rings. The zero-order valence-corrected chi connectivity index (χ0v) is 25.8. The first-order chi connectivity index (χ1) is 20.5. The normalized spacial score (nSPS) is 14.9. The van der Waals surface area contributed by atoms with Crippen molar-refractivity contribution in [3.05, 3.63) is 66.0 Å². The van der Waals surface area contributed by atoms with E-state index in [2.05, 4.69) is 33.7 Å². The van der Waals surface area contributed by atoms with Crippen LogP contribution in [0.1, 0.15) is 51.9 Å². The van der Waals surface area contributed by atoms with Crippen LogP contribution in [-0.4, -0.2) is 64.9 Å². The van der Waals surface area contributed by atoms with Crippen LogP contribution in [-0.2, 0) is 14.3 Å². The van der Waals surface area contributed by atoms with E-state index in [0.29, 0.717) is 25.2 Å². The van der Waals surface area contributed by atoms with Crippen molar-refractivity contribution in [3.63, 3.8) is 0 Å². The highest BCUT2D eigenvalue weighted by Crippen LogP contribution is 2.33. The Bertz CT molecular complexity index is 1710. The van der Waals surface area contributed by atoms with Crippen molar-refractivity contribution in [1.29, 1.82) is 5.26 Å². The van der Waals surface area contributed by atoms with E-state index in [1.54, 1.807) is 4.90 Å². The molecule has 0 N–H and O–H groups in total. The van der Waals surface area contributed by atoms with E-state index in [1.165, 1.54) is 7.11 Å². The number of nitrogens with zero attached hydrogens (tertiary/aromatic N) is 5. The molecule has 43 heavy (non-hydrogen) atoms. The van der Waals surface area contributed by atoms with Crippen molar-refractivity contribution in [1.82, 2.24) is 14.5 Å². The molecule has 3 aromatic carbocycles. The molecule has 0 radical (unpaired) electrons. The minimum Gasteiger partial charge on any atom is -0.469 e. The summed E-state index contributed by atoms with van der Waals surface area (Å²) in [5.74, 6) is 0.237. The number of hydrogen-bond donors (Lipinski definition) is 0. The van der Waals surface area contributed by atoms with E-state index >= 15 is 0 Å². The minimum absolute atomic E-state index is 0.119. The van der Waals surface area contributed by atoms with Crippen LogP contribution in [0.25, 0.3) is 27.5 Å². The Balaban J connectivity index is 1.49. The van der Waals surface area contributed by atoms with Crippen LogP contribution >= 0.6 is 0 Å². The van der Waals surface area contributed by atoms with Gasteiger partial charge in [0.05, 0.1) is 41.4 Å². The first kappa shape index (κ1) is 29.9. The van der Waals surface area contributed by atoms with Crippen LogP contribution in [0.15, 0.2) is 54.6 Å². The molecular formula is C34H39N5O4. The molecule has 9 nitrogen and oxygen atoms in total. The summed E-state index contributed by atoms with van der Waals surface area (Å²) in [6.45, 7) is 11.1. The lowest BCUT2D eigenvalue weighted by Crippen LogP contribution is -2.49. The number of fused-ring (bicyclic) bond motifs is 2. The molecule has 0 aliphatic carbocycles. The van der Waals surface area contributed by atoms with Crippen molar-refractivity contribution < 1.29 is 19.1 Å². The monoisotopic (exact) mass is 581 g/mol. The van der Waals surface area contributed by atoms with Crippen molar-refractivity contribution in [2.24, 2.45) is 5.92 Å². The van der Waals surface area contributed by atoms with Crippen LogP contribution in [0, 0.1) is 24.2 Å². The van der Waals surface area contributed by atoms with E-state index in [-0.39, 0.29) is 24.0 Å². The number of carbonyl (C=O) groups is 2. The number of piperidine rings is 1. The van der Waals surface area contributed by atoms with Gasteiger partial charge in [-0.25, -0.2) is 9.78 Å². The number of carbonyl (C=O) groups excluding carboxylic acids is 2. The van der Waals surface area contributed by atoms with Crippen LogP contribution in [0.2, 0.25) is 0 Å². The van der Waals surface area contributed by atoms with Gasteiger partial charge in [0.2, 0.25) is 0 Å². The SMILES string of the molecule is COC(=O)C(C)CN(c1ccc2c(c1)nc(C)n2-c1ccc(C#N)c2ccccc12)C1CCN(C(=O)OC(C)(C)C)CC1. The number of aromatic nitrogens is 2. The summed E-state index contributed by atoms with van der Waals surface area (Å²) in [7, 11) is 1.41. The Labute approximate surface area is 252 Å². The van der Waals surface area contributed by atoms with Crippen molar-refractivity contribution >= 4 is 39.6 Å². The minimum atomic E-state index is -0.545. The maximum absolute atomic E-state index is 12.7. The molecule has 1 atom stereocenters. The summed E-state index contributed by atoms with van der Waals surface area (Å²) in [6, 6.07) is 20.4. The van der Waals surface area contributed by atoms with E-state index in [1.807, 2.05) is 71.0 Å². The van der Waals surface area contributed by atoms with Gasteiger partial charge in [0.25, 0.3) is 0 Å². The highest BCUT2D eigenvalue weighted by molar-refractivity contribution is 5.96. The molecule has 0 saturated carbocycles. The molecule has 1 fully saturated rings. The summed E-state index contributed by atoms with van der Waals surface area (Å²) >= 11 is 0. The molecule has 0 bridgehead atoms. The van der Waals surface area contributed by atoms with Gasteiger partial charge in [0.15, 0.2) is 0 Å². The molecule has 4 aromatic rings. The topological polar surface area (TPSA) is 101 Å². The van der Waals surface area contributed by atoms with Crippen LogP contribution in [0.5, 0.6) is 0 Å². The molecule has 0 spiro atoms. The van der Waals surface area contributed by atoms with E-state index in [9.17, 15) is 14.9 Å². The number of ether oxygens (including phenoxy) is 2. The van der Waals surface area contributed by atoms with Crippen LogP contribution in [0.4, 0.5) is 10.5 Å². The summed E-state index contributed by atoms with van der Waals surface area (Å²) in [5.41, 5.74) is 3.82. The molecule has 224 valence electrons. The Morgan fingerprint density at radius 1 is 1.09 bits per heavy atom. The lowest BCUT2D eigenvalue weighted by atomic mass is 10.00. The standard InChI is InChI=1S/C34H39N5O4/c1-22(32(40)42-6)21-38(25-15-17-37(18-16-25)33(41)43-34(3,4)5)26-12-14-31-29(19-26)36-23(2)39(31)30-13-11-24(20-35)27-9-7-8-10-28(27)30/h7-14,19,22,25H,15-18,21H2,1-6H3. The summed E-state index contributed by atoms with van der Waals surface area (Å²) in [4.78, 5) is 34.1. The van der Waals surface area contributed by atoms with Gasteiger partial charge in [0.1, 0.15) is 11.4 Å². The molecule has 1 saturated heterocycles. The summed E-state index contributed by atoms with van der Waals surface area (Å²) in [5, 5.41) is 11.5. The predicted molar refractivity (Wildman–Crippen MR) is 167 cm³/mol. The predicted octanol–water partition coefficient (Wildman–Crippen LogP) is 6.37. The Morgan fingerprint density at radius 3 is 2.44 bits per heavy atom. The number of amides is 1. The number of nitriles is 1. The number of rotatable bonds is 6. The first-order valence-corrected chi connectivity index (χ1v) is 14.7. The Hall–Kier alpha value is -4.58. The second-order valence-corrected chi connectivity index (χ2v) is 12.2. The lowest BCUT2D eigenvalue weighted by molar-refractivity contribution is -0.144. The number of imidazole rings is 1. The third kappa shape index (κ3) is 6.14. The van der Waals surface area contributed by atoms with Gasteiger partial charge in [-0.2, -0.15) is 5.26 Å². The molecule has 9 heteroatoms. The van der Waals surface area contributed by atoms with Gasteiger partial charge in [-0.1, -0.05) is 31.2 Å². The van der Waals surface area contributed by atoms with E-state index in [4.69, 9.17) is 14.5 Å². The van der Waals surface area contributed by atoms with Crippen molar-refractivity contribution in [2.45, 2.75) is 59.1 Å². The largest absolute Gasteiger partial charge is 0.469 e. The fraction of sp³-hybridized carbons (Fsp3) is 0.412. The Kier molecular flexibility index (Phi) is 8.32. The number of hydrogen-bond acceptors (Lipinski definition) is 7. The Morgan fingerprint density at radius 2 is 1.79 bits per heavy atom. The molecule has 1 unspecified atom stereocenters. The number of aryl methyl sites for hydroxylation is 1. The average molecular weight is 582 g/mol. The fourth-order valence-corrected chi connectivity index (χ4v) is 5.97. The number of benzene rings is 3. The lowest BCUT2D eigenvalue weighted by Gasteiger charge is -2.40. The zero-order chi connectivity index (χ0) is 30.9. The quantitative estimate of drug-likeness (QED) is 0.244. The van der Waals surface area contributed by atoms with Gasteiger partial charge in [-0.15, -0.1) is 0 Å². The molecule has 1 aromatic heterocycles. The van der Waals surface area contributed by atoms with Gasteiger partial charge in [-0.05, 0) is 70.9 Å². The second-order valence-electron chi connectivity index (χ2n) is 12.2. The number of esters is 1. The number of anilines is 1. The molecule has 1 amide bonds. The van der Waals surface area contributed by atoms with Gasteiger partial charge in [0, 0.05) is 42.1 Å². The third-order valence-corrected chi connectivity index (χ3v) is 8.03. The highest BCUT2D eigenvalue weighted by Gasteiger charge is 2.31. The average Bonchev–Trinajstić information content (AvgIpc) is 3.32. The van der Waals surface area contributed by atoms with Gasteiger partial charge < -0.3 is 19.3 Å². The third-order valence-electron chi connectivity index (χ3n) is 8.03. The maximum Gasteiger partial charge on any atom is 0.410 e. The number of likely N-dealkylation sites (tertiary alicyclic amines) is 1. The maximum atomic E-state index is 12.7. The van der Waals surface area contributed by atoms with Gasteiger partial charge in [-0.3, -0.25) is 9.36 Å². The smallest absolute Gasteiger partial charge is 0.410 e. The highest BCUT2D eigenvalue weighted by atomic mass is 16.6. The van der Waals surface area contributed by atoms with E-state index in [0.717, 1.165) is 51.8 Å². The van der Waals surface area contributed by atoms with Crippen LogP contribution in [0.3, 0.4) is 0 Å². The first-order valence-electron chi connectivity index (χ1n) is 14.7. The summed E-state index contributed by atoms with van der Waals surface area (Å²) in [6.07, 6.45) is 1.20. The van der Waals surface area contributed by atoms with Crippen molar-refractivity contribution in [3.8, 4) is 11.8 Å².